The zero-order valence-electron chi connectivity index (χ0n) is 20.2. The molecule has 2 heterocycles. The predicted molar refractivity (Wildman–Crippen MR) is 150 cm³/mol. The smallest absolute Gasteiger partial charge is 0.136 e. The molecule has 2 nitrogen and oxygen atoms in total. The Morgan fingerprint density at radius 3 is 2.33 bits per heavy atom. The Balaban J connectivity index is 1.56. The summed E-state index contributed by atoms with van der Waals surface area (Å²) in [6.07, 6.45) is 3.81. The molecule has 1 aliphatic carbocycles. The van der Waals surface area contributed by atoms with E-state index in [4.69, 9.17) is 4.42 Å². The summed E-state index contributed by atoms with van der Waals surface area (Å²) in [6, 6.07) is 33.0. The second kappa shape index (κ2) is 6.83. The molecule has 5 aromatic carbocycles. The Hall–Kier alpha value is -4.43. The molecule has 0 N–H and O–H groups in total. The van der Waals surface area contributed by atoms with Crippen LogP contribution in [0.4, 0.5) is 0 Å². The lowest BCUT2D eigenvalue weighted by atomic mass is 9.81. The third kappa shape index (κ3) is 2.54. The lowest BCUT2D eigenvalue weighted by Gasteiger charge is -2.22. The molecule has 0 spiro atoms. The average molecular weight is 462 g/mol. The van der Waals surface area contributed by atoms with Crippen molar-refractivity contribution in [3.8, 4) is 22.3 Å². The lowest BCUT2D eigenvalue weighted by molar-refractivity contribution is 0.661. The van der Waals surface area contributed by atoms with Gasteiger partial charge in [-0.2, -0.15) is 0 Å². The van der Waals surface area contributed by atoms with Crippen molar-refractivity contribution >= 4 is 43.5 Å². The van der Waals surface area contributed by atoms with E-state index < -0.39 is 0 Å². The Morgan fingerprint density at radius 1 is 0.583 bits per heavy atom. The number of pyridine rings is 1. The van der Waals surface area contributed by atoms with Crippen molar-refractivity contribution in [2.75, 3.05) is 0 Å². The first kappa shape index (κ1) is 19.8. The number of nitrogens with zero attached hydrogens (tertiary/aromatic N) is 1. The maximum Gasteiger partial charge on any atom is 0.136 e. The van der Waals surface area contributed by atoms with Crippen LogP contribution in [0, 0.1) is 0 Å². The minimum absolute atomic E-state index is 0.0553. The maximum atomic E-state index is 6.30. The van der Waals surface area contributed by atoms with Gasteiger partial charge in [0.2, 0.25) is 0 Å². The Morgan fingerprint density at radius 2 is 1.44 bits per heavy atom. The Labute approximate surface area is 208 Å². The molecule has 36 heavy (non-hydrogen) atoms. The molecule has 2 aromatic heterocycles. The number of benzene rings is 5. The zero-order valence-corrected chi connectivity index (χ0v) is 20.2. The third-order valence-electron chi connectivity index (χ3n) is 8.12. The van der Waals surface area contributed by atoms with Crippen molar-refractivity contribution in [3.63, 3.8) is 0 Å². The van der Waals surface area contributed by atoms with Crippen molar-refractivity contribution in [1.82, 2.24) is 4.98 Å². The molecule has 0 aliphatic heterocycles. The highest BCUT2D eigenvalue weighted by molar-refractivity contribution is 6.20. The molecule has 1 aliphatic rings. The summed E-state index contributed by atoms with van der Waals surface area (Å²) in [5.41, 5.74) is 9.59. The fourth-order valence-corrected chi connectivity index (χ4v) is 6.33. The molecule has 8 rings (SSSR count). The van der Waals surface area contributed by atoms with Gasteiger partial charge < -0.3 is 4.42 Å². The highest BCUT2D eigenvalue weighted by atomic mass is 16.3. The number of furan rings is 1. The van der Waals surface area contributed by atoms with Gasteiger partial charge in [-0.3, -0.25) is 4.98 Å². The normalized spacial score (nSPS) is 14.1. The molecule has 0 amide bonds. The summed E-state index contributed by atoms with van der Waals surface area (Å²) in [6.45, 7) is 4.68. The molecule has 0 atom stereocenters. The summed E-state index contributed by atoms with van der Waals surface area (Å²) >= 11 is 0. The molecule has 0 radical (unpaired) electrons. The van der Waals surface area contributed by atoms with Crippen LogP contribution in [0.15, 0.2) is 108 Å². The summed E-state index contributed by atoms with van der Waals surface area (Å²) in [4.78, 5) is 4.45. The molecular weight excluding hydrogens is 438 g/mol. The van der Waals surface area contributed by atoms with Crippen LogP contribution >= 0.6 is 0 Å². The number of aromatic nitrogens is 1. The Bertz CT molecular complexity index is 2010. The fraction of sp³-hybridized carbons (Fsp3) is 0.0882. The first-order chi connectivity index (χ1) is 17.6. The van der Waals surface area contributed by atoms with Crippen LogP contribution in [0.25, 0.3) is 65.7 Å². The fourth-order valence-electron chi connectivity index (χ4n) is 6.33. The topological polar surface area (TPSA) is 26.0 Å². The van der Waals surface area contributed by atoms with Crippen LogP contribution in [0.3, 0.4) is 0 Å². The number of rotatable bonds is 1. The summed E-state index contributed by atoms with van der Waals surface area (Å²) in [5, 5.41) is 7.25. The Kier molecular flexibility index (Phi) is 3.76. The largest absolute Gasteiger partial charge is 0.456 e. The summed E-state index contributed by atoms with van der Waals surface area (Å²) in [7, 11) is 0. The highest BCUT2D eigenvalue weighted by Crippen LogP contribution is 2.51. The molecule has 2 heteroatoms. The zero-order chi connectivity index (χ0) is 24.0. The van der Waals surface area contributed by atoms with Crippen LogP contribution in [-0.2, 0) is 5.41 Å². The van der Waals surface area contributed by atoms with Gasteiger partial charge in [0.25, 0.3) is 0 Å². The van der Waals surface area contributed by atoms with Crippen molar-refractivity contribution < 1.29 is 4.42 Å². The van der Waals surface area contributed by atoms with Crippen LogP contribution in [0.2, 0.25) is 0 Å². The maximum absolute atomic E-state index is 6.30. The van der Waals surface area contributed by atoms with Gasteiger partial charge in [-0.25, -0.2) is 0 Å². The van der Waals surface area contributed by atoms with Gasteiger partial charge in [-0.15, -0.1) is 0 Å². The lowest BCUT2D eigenvalue weighted by Crippen LogP contribution is -2.14. The van der Waals surface area contributed by atoms with Gasteiger partial charge in [0.1, 0.15) is 11.2 Å². The van der Waals surface area contributed by atoms with E-state index in [2.05, 4.69) is 91.6 Å². The van der Waals surface area contributed by atoms with Gasteiger partial charge in [0.15, 0.2) is 0 Å². The minimum Gasteiger partial charge on any atom is -0.456 e. The minimum atomic E-state index is -0.0553. The van der Waals surface area contributed by atoms with Crippen LogP contribution < -0.4 is 0 Å². The van der Waals surface area contributed by atoms with Crippen molar-refractivity contribution in [1.29, 1.82) is 0 Å². The van der Waals surface area contributed by atoms with Gasteiger partial charge in [0.05, 0.1) is 0 Å². The SMILES string of the molecule is CC1(C)c2ccccc2-c2cc3c(-c4cccnc4)cc4cc5c(cc4c3cc21)oc1ccccc15. The van der Waals surface area contributed by atoms with Crippen molar-refractivity contribution in [2.45, 2.75) is 19.3 Å². The van der Waals surface area contributed by atoms with E-state index in [1.54, 1.807) is 0 Å². The summed E-state index contributed by atoms with van der Waals surface area (Å²) < 4.78 is 6.30. The number of hydrogen-bond donors (Lipinski definition) is 0. The molecule has 0 unspecified atom stereocenters. The van der Waals surface area contributed by atoms with Gasteiger partial charge in [-0.1, -0.05) is 62.4 Å². The van der Waals surface area contributed by atoms with E-state index in [1.807, 2.05) is 30.6 Å². The third-order valence-corrected chi connectivity index (χ3v) is 8.12. The van der Waals surface area contributed by atoms with Crippen LogP contribution in [0.1, 0.15) is 25.0 Å². The van der Waals surface area contributed by atoms with E-state index >= 15 is 0 Å². The standard InChI is InChI=1S/C34H23NO/c1-34(2)30-11-5-3-9-22(30)28-16-26-24(20-8-7-13-35-19-20)14-21-15-29-23-10-4-6-12-32(23)36-33(29)18-25(21)27(26)17-31(28)34/h3-19H,1-2H3. The monoisotopic (exact) mass is 461 g/mol. The molecule has 0 saturated heterocycles. The second-order valence-corrected chi connectivity index (χ2v) is 10.4. The van der Waals surface area contributed by atoms with Gasteiger partial charge in [-0.05, 0) is 91.8 Å². The first-order valence-corrected chi connectivity index (χ1v) is 12.5. The predicted octanol–water partition coefficient (Wildman–Crippen LogP) is 9.26. The highest BCUT2D eigenvalue weighted by Gasteiger charge is 2.35. The van der Waals surface area contributed by atoms with Crippen molar-refractivity contribution in [2.24, 2.45) is 0 Å². The molecule has 0 bridgehead atoms. The molecule has 7 aromatic rings. The molecular formula is C34H23NO. The number of hydrogen-bond acceptors (Lipinski definition) is 2. The van der Waals surface area contributed by atoms with Gasteiger partial charge >= 0.3 is 0 Å². The van der Waals surface area contributed by atoms with Crippen LogP contribution in [-0.4, -0.2) is 4.98 Å². The summed E-state index contributed by atoms with van der Waals surface area (Å²) in [5.74, 6) is 0. The second-order valence-electron chi connectivity index (χ2n) is 10.4. The van der Waals surface area contributed by atoms with E-state index in [-0.39, 0.29) is 5.41 Å². The average Bonchev–Trinajstić information content (AvgIpc) is 3.38. The van der Waals surface area contributed by atoms with E-state index in [0.717, 1.165) is 27.5 Å². The molecule has 170 valence electrons. The van der Waals surface area contributed by atoms with E-state index in [9.17, 15) is 0 Å². The van der Waals surface area contributed by atoms with E-state index in [0.29, 0.717) is 0 Å². The van der Waals surface area contributed by atoms with Crippen LogP contribution in [0.5, 0.6) is 0 Å². The van der Waals surface area contributed by atoms with Crippen molar-refractivity contribution in [3.05, 3.63) is 115 Å². The number of para-hydroxylation sites is 1. The first-order valence-electron chi connectivity index (χ1n) is 12.5. The van der Waals surface area contributed by atoms with E-state index in [1.165, 1.54) is 49.4 Å². The quantitative estimate of drug-likeness (QED) is 0.228. The molecule has 0 saturated carbocycles. The number of fused-ring (bicyclic) bond motifs is 9. The van der Waals surface area contributed by atoms with Gasteiger partial charge in [0, 0.05) is 34.1 Å². The molecule has 0 fully saturated rings.